The predicted octanol–water partition coefficient (Wildman–Crippen LogP) is 4.59. The number of aliphatic hydroxyl groups is 1. The SMILES string of the molecule is CO/N=C(\C(=O)N[C@@H]1C(=O)N2C(C(=O)O)=C(COC(C)=O)CS[C@H]12)c1csc(N)n1.O=C1C(=O)N(c2ccc(F)cc2)C(c2ccc(Br)cc2)/C1=C(\O)c1ccccc1. The maximum Gasteiger partial charge on any atom is 0.352 e. The van der Waals surface area contributed by atoms with Gasteiger partial charge in [-0.05, 0) is 42.0 Å². The highest BCUT2D eigenvalue weighted by Crippen LogP contribution is 2.43. The number of halogens is 2. The third kappa shape index (κ3) is 8.88. The number of fused-ring (bicyclic) bond motifs is 1. The van der Waals surface area contributed by atoms with E-state index >= 15 is 0 Å². The molecule has 1 aromatic heterocycles. The van der Waals surface area contributed by atoms with Crippen LogP contribution in [0, 0.1) is 5.82 Å². The van der Waals surface area contributed by atoms with Crippen molar-refractivity contribution < 1.29 is 52.9 Å². The van der Waals surface area contributed by atoms with E-state index in [4.69, 9.17) is 10.5 Å². The Morgan fingerprint density at radius 3 is 2.29 bits per heavy atom. The minimum Gasteiger partial charge on any atom is -0.507 e. The molecule has 16 nitrogen and oxygen atoms in total. The van der Waals surface area contributed by atoms with Crippen molar-refractivity contribution in [1.29, 1.82) is 0 Å². The summed E-state index contributed by atoms with van der Waals surface area (Å²) in [6.45, 7) is 0.975. The molecule has 0 spiro atoms. The summed E-state index contributed by atoms with van der Waals surface area (Å²) in [7, 11) is 1.25. The number of nitrogen functional groups attached to an aromatic ring is 1. The summed E-state index contributed by atoms with van der Waals surface area (Å²) in [4.78, 5) is 84.9. The second-order valence-corrected chi connectivity index (χ2v) is 15.6. The van der Waals surface area contributed by atoms with Crippen molar-refractivity contribution in [3.63, 3.8) is 0 Å². The molecular formula is C39H32BrFN6O10S2. The molecule has 304 valence electrons. The van der Waals surface area contributed by atoms with Crippen LogP contribution in [0.1, 0.15) is 29.8 Å². The summed E-state index contributed by atoms with van der Waals surface area (Å²) < 4.78 is 19.1. The van der Waals surface area contributed by atoms with Gasteiger partial charge in [0.25, 0.3) is 23.5 Å². The highest BCUT2D eigenvalue weighted by molar-refractivity contribution is 9.10. The number of carboxylic acid groups (broad SMARTS) is 1. The number of carbonyl (C=O) groups is 6. The number of β-lactam (4-membered cyclic amide) rings is 1. The number of amides is 3. The van der Waals surface area contributed by atoms with E-state index in [1.165, 1.54) is 60.3 Å². The fourth-order valence-electron chi connectivity index (χ4n) is 6.30. The maximum atomic E-state index is 13.4. The number of carboxylic acids is 1. The summed E-state index contributed by atoms with van der Waals surface area (Å²) in [6, 6.07) is 19.3. The first-order chi connectivity index (χ1) is 28.2. The molecule has 4 aromatic rings. The Balaban J connectivity index is 0.000000198. The van der Waals surface area contributed by atoms with Crippen LogP contribution in [0.5, 0.6) is 0 Å². The van der Waals surface area contributed by atoms with Crippen LogP contribution in [-0.2, 0) is 38.3 Å². The number of oxime groups is 1. The van der Waals surface area contributed by atoms with E-state index in [9.17, 15) is 43.4 Å². The van der Waals surface area contributed by atoms with Crippen LogP contribution in [0.3, 0.4) is 0 Å². The molecule has 3 amide bonds. The lowest BCUT2D eigenvalue weighted by Crippen LogP contribution is -2.71. The number of nitrogens with two attached hydrogens (primary N) is 1. The van der Waals surface area contributed by atoms with Crippen LogP contribution >= 0.6 is 39.0 Å². The van der Waals surface area contributed by atoms with Crippen LogP contribution in [0.4, 0.5) is 15.2 Å². The fraction of sp³-hybridized carbons (Fsp3) is 0.179. The molecule has 1 unspecified atom stereocenters. The van der Waals surface area contributed by atoms with E-state index in [0.717, 1.165) is 20.7 Å². The number of thiazole rings is 1. The summed E-state index contributed by atoms with van der Waals surface area (Å²) in [5, 5.41) is 27.8. The van der Waals surface area contributed by atoms with E-state index in [-0.39, 0.29) is 45.9 Å². The molecule has 4 heterocycles. The van der Waals surface area contributed by atoms with E-state index in [1.807, 2.05) is 0 Å². The number of hydrogen-bond acceptors (Lipinski definition) is 14. The molecule has 59 heavy (non-hydrogen) atoms. The molecule has 2 fully saturated rings. The number of thioether (sulfide) groups is 1. The van der Waals surface area contributed by atoms with Gasteiger partial charge in [-0.3, -0.25) is 33.8 Å². The third-order valence-electron chi connectivity index (χ3n) is 8.93. The van der Waals surface area contributed by atoms with Gasteiger partial charge in [-0.2, -0.15) is 0 Å². The Bertz CT molecular complexity index is 2430. The molecular weight excluding hydrogens is 875 g/mol. The zero-order valence-corrected chi connectivity index (χ0v) is 34.0. The third-order valence-corrected chi connectivity index (χ3v) is 11.5. The molecule has 3 atom stereocenters. The lowest BCUT2D eigenvalue weighted by molar-refractivity contribution is -0.150. The smallest absolute Gasteiger partial charge is 0.352 e. The molecule has 20 heteroatoms. The number of rotatable bonds is 10. The number of carbonyl (C=O) groups excluding carboxylic acids is 5. The number of aliphatic carboxylic acids is 1. The highest BCUT2D eigenvalue weighted by atomic mass is 79.9. The van der Waals surface area contributed by atoms with Gasteiger partial charge in [-0.15, -0.1) is 23.1 Å². The number of ether oxygens (including phenoxy) is 1. The monoisotopic (exact) mass is 906 g/mol. The van der Waals surface area contributed by atoms with Crippen molar-refractivity contribution in [2.75, 3.05) is 30.1 Å². The Hall–Kier alpha value is -6.38. The van der Waals surface area contributed by atoms with Crippen molar-refractivity contribution in [1.82, 2.24) is 15.2 Å². The standard InChI is InChI=1S/C23H15BrFNO3.C16H17N5O7S2/c24-16-8-6-14(7-9-16)20-19(21(27)15-4-2-1-3-5-15)22(28)23(29)26(20)18-12-10-17(25)11-13-18;1-6(22)28-3-7-4-29-14-10(13(24)21(14)11(7)15(25)26)19-12(23)9(20-27-2)8-5-30-16(17)18-8/h1-13,20,27H;5,10,14H,3-4H2,1-2H3,(H2,17,18)(H,19,23)(H,25,26)/b21-19+;20-9-/t;10-,14-/m.1/s1. The second kappa shape index (κ2) is 18.0. The van der Waals surface area contributed by atoms with E-state index < -0.39 is 58.7 Å². The number of esters is 1. The van der Waals surface area contributed by atoms with Crippen LogP contribution < -0.4 is 16.0 Å². The molecule has 0 saturated carbocycles. The summed E-state index contributed by atoms with van der Waals surface area (Å²) in [6.07, 6.45) is 0. The van der Waals surface area contributed by atoms with Gasteiger partial charge in [0.1, 0.15) is 48.1 Å². The minimum atomic E-state index is -1.32. The molecule has 0 bridgehead atoms. The average molecular weight is 908 g/mol. The molecule has 5 N–H and O–H groups in total. The normalized spacial score (nSPS) is 19.6. The van der Waals surface area contributed by atoms with Crippen molar-refractivity contribution >= 4 is 96.8 Å². The fourth-order valence-corrected chi connectivity index (χ4v) is 8.44. The number of ketones is 1. The van der Waals surface area contributed by atoms with Crippen molar-refractivity contribution in [2.45, 2.75) is 24.4 Å². The number of hydrogen-bond donors (Lipinski definition) is 4. The first kappa shape index (κ1) is 42.2. The Morgan fingerprint density at radius 1 is 1.02 bits per heavy atom. The van der Waals surface area contributed by atoms with E-state index in [2.05, 4.69) is 36.2 Å². The molecule has 3 aromatic carbocycles. The zero-order valence-electron chi connectivity index (χ0n) is 30.8. The summed E-state index contributed by atoms with van der Waals surface area (Å²) in [5.74, 6) is -5.24. The first-order valence-corrected chi connectivity index (χ1v) is 20.0. The van der Waals surface area contributed by atoms with Gasteiger partial charge >= 0.3 is 11.9 Å². The highest BCUT2D eigenvalue weighted by Gasteiger charge is 2.54. The summed E-state index contributed by atoms with van der Waals surface area (Å²) in [5.41, 5.74) is 7.11. The van der Waals surface area contributed by atoms with Gasteiger partial charge in [0.05, 0.1) is 11.6 Å². The molecule has 0 radical (unpaired) electrons. The minimum absolute atomic E-state index is 0.00662. The van der Waals surface area contributed by atoms with Crippen LogP contribution in [0.25, 0.3) is 5.76 Å². The molecule has 3 aliphatic rings. The zero-order chi connectivity index (χ0) is 42.5. The average Bonchev–Trinajstić information content (AvgIpc) is 3.77. The maximum absolute atomic E-state index is 13.4. The number of aromatic nitrogens is 1. The number of anilines is 2. The first-order valence-electron chi connectivity index (χ1n) is 17.3. The van der Waals surface area contributed by atoms with E-state index in [1.54, 1.807) is 54.6 Å². The second-order valence-electron chi connectivity index (χ2n) is 12.7. The van der Waals surface area contributed by atoms with Crippen molar-refractivity contribution in [3.05, 3.63) is 128 Å². The van der Waals surface area contributed by atoms with Gasteiger partial charge < -0.3 is 30.8 Å². The van der Waals surface area contributed by atoms with Crippen molar-refractivity contribution in [3.8, 4) is 0 Å². The lowest BCUT2D eigenvalue weighted by atomic mass is 9.95. The number of aliphatic hydroxyl groups excluding tert-OH is 1. The molecule has 2 saturated heterocycles. The van der Waals surface area contributed by atoms with E-state index in [0.29, 0.717) is 22.4 Å². The van der Waals surface area contributed by atoms with Gasteiger partial charge in [-0.1, -0.05) is 63.6 Å². The number of nitrogens with one attached hydrogen (secondary N) is 1. The molecule has 3 aliphatic heterocycles. The quantitative estimate of drug-likeness (QED) is 0.0325. The molecule has 0 aliphatic carbocycles. The largest absolute Gasteiger partial charge is 0.507 e. The van der Waals surface area contributed by atoms with Gasteiger partial charge in [0, 0.05) is 39.4 Å². The van der Waals surface area contributed by atoms with Crippen LogP contribution in [0.15, 0.2) is 111 Å². The van der Waals surface area contributed by atoms with Gasteiger partial charge in [0.2, 0.25) is 0 Å². The molecule has 7 rings (SSSR count). The van der Waals surface area contributed by atoms with Crippen LogP contribution in [-0.4, -0.2) is 92.1 Å². The Labute approximate surface area is 351 Å². The Morgan fingerprint density at radius 2 is 1.69 bits per heavy atom. The van der Waals surface area contributed by atoms with Crippen LogP contribution in [0.2, 0.25) is 0 Å². The van der Waals surface area contributed by atoms with Gasteiger partial charge in [0.15, 0.2) is 10.8 Å². The van der Waals surface area contributed by atoms with Crippen molar-refractivity contribution in [2.24, 2.45) is 5.16 Å². The topological polar surface area (TPSA) is 231 Å². The number of benzene rings is 3. The number of Topliss-reactive ketones (excluding diaryl/α,β-unsaturated/α-hetero) is 1. The lowest BCUT2D eigenvalue weighted by Gasteiger charge is -2.49. The number of nitrogens with zero attached hydrogens (tertiary/aromatic N) is 4. The van der Waals surface area contributed by atoms with Gasteiger partial charge in [-0.25, -0.2) is 14.2 Å². The Kier molecular flexibility index (Phi) is 12.9. The predicted molar refractivity (Wildman–Crippen MR) is 218 cm³/mol. The summed E-state index contributed by atoms with van der Waals surface area (Å²) >= 11 is 5.73.